The van der Waals surface area contributed by atoms with Gasteiger partial charge in [0, 0.05) is 10.6 Å². The van der Waals surface area contributed by atoms with Crippen LogP contribution >= 0.6 is 11.6 Å². The van der Waals surface area contributed by atoms with Crippen molar-refractivity contribution in [3.05, 3.63) is 101 Å². The molecule has 9 heteroatoms. The lowest BCUT2D eigenvalue weighted by atomic mass is 9.73. The first kappa shape index (κ1) is 29.8. The Labute approximate surface area is 244 Å². The average Bonchev–Trinajstić information content (AvgIpc) is 3.28. The second-order valence-electron chi connectivity index (χ2n) is 10.9. The molecule has 0 saturated carbocycles. The van der Waals surface area contributed by atoms with Gasteiger partial charge in [0.1, 0.15) is 22.8 Å². The van der Waals surface area contributed by atoms with Gasteiger partial charge >= 0.3 is 17.9 Å². The Morgan fingerprint density at radius 2 is 1.49 bits per heavy atom. The van der Waals surface area contributed by atoms with E-state index in [-0.39, 0.29) is 6.42 Å². The molecule has 0 spiro atoms. The van der Waals surface area contributed by atoms with Gasteiger partial charge in [-0.1, -0.05) is 60.1 Å². The van der Waals surface area contributed by atoms with Crippen LogP contribution in [0.1, 0.15) is 55.6 Å². The number of rotatable bonds is 7. The van der Waals surface area contributed by atoms with E-state index >= 15 is 0 Å². The largest absolute Gasteiger partial charge is 0.467 e. The molecular formula is C32H32ClNO7. The monoisotopic (exact) mass is 577 g/mol. The summed E-state index contributed by atoms with van der Waals surface area (Å²) < 4.78 is 16.6. The molecule has 1 amide bonds. The molecule has 3 atom stereocenters. The number of benzene rings is 3. The van der Waals surface area contributed by atoms with Crippen molar-refractivity contribution in [2.24, 2.45) is 5.41 Å². The number of carbonyl (C=O) groups excluding carboxylic acids is 4. The van der Waals surface area contributed by atoms with Gasteiger partial charge in [-0.25, -0.2) is 4.79 Å². The number of para-hydroxylation sites is 1. The van der Waals surface area contributed by atoms with E-state index in [1.807, 2.05) is 0 Å². The molecule has 1 saturated heterocycles. The predicted molar refractivity (Wildman–Crippen MR) is 152 cm³/mol. The molecule has 1 fully saturated rings. The van der Waals surface area contributed by atoms with Crippen molar-refractivity contribution in [3.63, 3.8) is 0 Å². The highest BCUT2D eigenvalue weighted by molar-refractivity contribution is 6.30. The lowest BCUT2D eigenvalue weighted by Gasteiger charge is -2.38. The van der Waals surface area contributed by atoms with E-state index in [4.69, 9.17) is 25.8 Å². The molecule has 0 aromatic heterocycles. The molecule has 41 heavy (non-hydrogen) atoms. The van der Waals surface area contributed by atoms with Crippen LogP contribution in [0.5, 0.6) is 5.75 Å². The maximum absolute atomic E-state index is 14.2. The van der Waals surface area contributed by atoms with Crippen molar-refractivity contribution in [1.82, 2.24) is 4.90 Å². The van der Waals surface area contributed by atoms with Crippen LogP contribution in [-0.2, 0) is 23.9 Å². The second kappa shape index (κ2) is 12.1. The zero-order chi connectivity index (χ0) is 29.8. The zero-order valence-electron chi connectivity index (χ0n) is 23.3. The molecule has 214 valence electrons. The maximum Gasteiger partial charge on any atom is 0.328 e. The number of hydrogen-bond donors (Lipinski definition) is 0. The number of halogens is 1. The fraction of sp³-hybridized carbons (Fsp3) is 0.312. The number of ether oxygens (including phenoxy) is 3. The fourth-order valence-corrected chi connectivity index (χ4v) is 5.30. The molecule has 1 aliphatic rings. The van der Waals surface area contributed by atoms with Crippen LogP contribution < -0.4 is 4.74 Å². The summed E-state index contributed by atoms with van der Waals surface area (Å²) in [6, 6.07) is 21.1. The minimum absolute atomic E-state index is 0.232. The van der Waals surface area contributed by atoms with E-state index in [2.05, 4.69) is 0 Å². The second-order valence-corrected chi connectivity index (χ2v) is 11.3. The first-order chi connectivity index (χ1) is 19.4. The molecule has 4 rings (SSSR count). The number of amides is 1. The predicted octanol–water partition coefficient (Wildman–Crippen LogP) is 5.79. The van der Waals surface area contributed by atoms with E-state index in [0.717, 1.165) is 0 Å². The van der Waals surface area contributed by atoms with Crippen LogP contribution in [0.4, 0.5) is 0 Å². The SMILES string of the molecule is COC(=O)[C@H]1C[C@@](CC(=O)Oc2ccccc2)(C(=O)OC(C)(C)C)[C@@H](c2ccc(Cl)cc2)N1C(=O)c1ccccc1. The Kier molecular flexibility index (Phi) is 8.83. The third-order valence-corrected chi connectivity index (χ3v) is 7.10. The minimum atomic E-state index is -1.71. The van der Waals surface area contributed by atoms with E-state index in [1.54, 1.807) is 106 Å². The van der Waals surface area contributed by atoms with Crippen LogP contribution in [0.2, 0.25) is 5.02 Å². The van der Waals surface area contributed by atoms with Gasteiger partial charge in [0.15, 0.2) is 0 Å². The molecule has 1 heterocycles. The first-order valence-electron chi connectivity index (χ1n) is 13.2. The molecule has 0 bridgehead atoms. The average molecular weight is 578 g/mol. The molecule has 0 unspecified atom stereocenters. The quantitative estimate of drug-likeness (QED) is 0.259. The van der Waals surface area contributed by atoms with Crippen molar-refractivity contribution in [2.75, 3.05) is 7.11 Å². The molecule has 0 radical (unpaired) electrons. The van der Waals surface area contributed by atoms with Crippen molar-refractivity contribution in [3.8, 4) is 5.75 Å². The Morgan fingerprint density at radius 1 is 0.902 bits per heavy atom. The summed E-state index contributed by atoms with van der Waals surface area (Å²) in [7, 11) is 1.21. The highest BCUT2D eigenvalue weighted by Gasteiger charge is 2.63. The van der Waals surface area contributed by atoms with Crippen LogP contribution in [0, 0.1) is 5.41 Å². The zero-order valence-corrected chi connectivity index (χ0v) is 24.1. The first-order valence-corrected chi connectivity index (χ1v) is 13.5. The summed E-state index contributed by atoms with van der Waals surface area (Å²) in [5.74, 6) is -2.41. The molecule has 3 aromatic rings. The fourth-order valence-electron chi connectivity index (χ4n) is 5.18. The topological polar surface area (TPSA) is 99.2 Å². The van der Waals surface area contributed by atoms with Gasteiger partial charge in [-0.05, 0) is 69.2 Å². The van der Waals surface area contributed by atoms with Gasteiger partial charge in [-0.2, -0.15) is 0 Å². The lowest BCUT2D eigenvalue weighted by Crippen LogP contribution is -2.46. The number of carbonyl (C=O) groups is 4. The lowest BCUT2D eigenvalue weighted by molar-refractivity contribution is -0.172. The van der Waals surface area contributed by atoms with Crippen LogP contribution in [0.3, 0.4) is 0 Å². The van der Waals surface area contributed by atoms with Gasteiger partial charge in [0.2, 0.25) is 0 Å². The van der Waals surface area contributed by atoms with E-state index in [0.29, 0.717) is 21.9 Å². The van der Waals surface area contributed by atoms with Crippen molar-refractivity contribution >= 4 is 35.4 Å². The summed E-state index contributed by atoms with van der Waals surface area (Å²) in [4.78, 5) is 56.4. The van der Waals surface area contributed by atoms with E-state index < -0.39 is 53.3 Å². The van der Waals surface area contributed by atoms with Gasteiger partial charge in [-0.3, -0.25) is 14.4 Å². The molecule has 3 aromatic carbocycles. The van der Waals surface area contributed by atoms with Gasteiger partial charge in [0.25, 0.3) is 5.91 Å². The van der Waals surface area contributed by atoms with Crippen LogP contribution in [0.25, 0.3) is 0 Å². The number of likely N-dealkylation sites (tertiary alicyclic amines) is 1. The van der Waals surface area contributed by atoms with Crippen LogP contribution in [-0.4, -0.2) is 47.5 Å². The van der Waals surface area contributed by atoms with E-state index in [1.165, 1.54) is 12.0 Å². The highest BCUT2D eigenvalue weighted by Crippen LogP contribution is 2.54. The Hall–Kier alpha value is -4.17. The molecule has 1 aliphatic heterocycles. The summed E-state index contributed by atoms with van der Waals surface area (Å²) in [6.07, 6.45) is -0.708. The van der Waals surface area contributed by atoms with Crippen molar-refractivity contribution in [1.29, 1.82) is 0 Å². The van der Waals surface area contributed by atoms with Crippen LogP contribution in [0.15, 0.2) is 84.9 Å². The Morgan fingerprint density at radius 3 is 2.05 bits per heavy atom. The summed E-state index contributed by atoms with van der Waals surface area (Å²) in [5.41, 5.74) is -1.86. The third kappa shape index (κ3) is 6.60. The summed E-state index contributed by atoms with van der Waals surface area (Å²) in [6.45, 7) is 5.12. The number of hydrogen-bond acceptors (Lipinski definition) is 7. The Balaban J connectivity index is 1.92. The highest BCUT2D eigenvalue weighted by atomic mass is 35.5. The molecular weight excluding hydrogens is 546 g/mol. The maximum atomic E-state index is 14.2. The smallest absolute Gasteiger partial charge is 0.328 e. The number of methoxy groups -OCH3 is 1. The number of esters is 3. The summed E-state index contributed by atoms with van der Waals surface area (Å²) >= 11 is 6.19. The van der Waals surface area contributed by atoms with Crippen molar-refractivity contribution in [2.45, 2.75) is 51.3 Å². The van der Waals surface area contributed by atoms with E-state index in [9.17, 15) is 19.2 Å². The van der Waals surface area contributed by atoms with Gasteiger partial charge in [-0.15, -0.1) is 0 Å². The summed E-state index contributed by atoms with van der Waals surface area (Å²) in [5, 5.41) is 0.434. The third-order valence-electron chi connectivity index (χ3n) is 6.85. The normalized spacial score (nSPS) is 20.3. The standard InChI is InChI=1S/C32H32ClNO7/c1-31(2,3)41-30(38)32(20-26(35)40-24-13-9-6-10-14-24)19-25(29(37)39-4)34(28(36)22-11-7-5-8-12-22)27(32)21-15-17-23(33)18-16-21/h5-18,25,27H,19-20H2,1-4H3/t25-,27-,32+/m1/s1. The minimum Gasteiger partial charge on any atom is -0.467 e. The molecule has 0 aliphatic carbocycles. The Bertz CT molecular complexity index is 1400. The molecule has 0 N–H and O–H groups in total. The molecule has 8 nitrogen and oxygen atoms in total. The number of nitrogens with zero attached hydrogens (tertiary/aromatic N) is 1. The van der Waals surface area contributed by atoms with Gasteiger partial charge in [0.05, 0.1) is 19.6 Å². The van der Waals surface area contributed by atoms with Crippen molar-refractivity contribution < 1.29 is 33.4 Å². The van der Waals surface area contributed by atoms with Gasteiger partial charge < -0.3 is 19.1 Å².